The molecule has 0 spiro atoms. The van der Waals surface area contributed by atoms with Crippen LogP contribution in [0.4, 0.5) is 0 Å². The van der Waals surface area contributed by atoms with Crippen LogP contribution in [0.3, 0.4) is 0 Å². The third-order valence-corrected chi connectivity index (χ3v) is 1.15. The number of hydrogen-bond acceptors (Lipinski definition) is 2. The summed E-state index contributed by atoms with van der Waals surface area (Å²) < 4.78 is 11.9. The van der Waals surface area contributed by atoms with Gasteiger partial charge in [0.05, 0.1) is 6.61 Å². The zero-order valence-corrected chi connectivity index (χ0v) is 4.72. The first-order valence-corrected chi connectivity index (χ1v) is 2.87. The Balaban J connectivity index is 2.34. The molecule has 0 amide bonds. The second-order valence-corrected chi connectivity index (χ2v) is 1.86. The summed E-state index contributed by atoms with van der Waals surface area (Å²) in [7, 11) is 0. The molecule has 0 aromatic rings. The van der Waals surface area contributed by atoms with E-state index in [1.807, 2.05) is 0 Å². The van der Waals surface area contributed by atoms with Crippen LogP contribution in [0, 0.1) is 0 Å². The van der Waals surface area contributed by atoms with Crippen molar-refractivity contribution in [3.8, 4) is 0 Å². The third-order valence-electron chi connectivity index (χ3n) is 1.15. The first-order chi connectivity index (χ1) is 4.29. The second kappa shape index (κ2) is 2.70. The summed E-state index contributed by atoms with van der Waals surface area (Å²) in [6.45, 7) is 0.291. The molecule has 1 aliphatic rings. The van der Waals surface area contributed by atoms with E-state index in [2.05, 4.69) is 4.74 Å². The smallest absolute Gasteiger partial charge is 0.305 e. The van der Waals surface area contributed by atoms with Crippen molar-refractivity contribution < 1.29 is 10.9 Å². The fraction of sp³-hybridized carbons (Fsp3) is 0.833. The number of rotatable bonds is 0. The van der Waals surface area contributed by atoms with Crippen LogP contribution in [0.15, 0.2) is 0 Å². The highest BCUT2D eigenvalue weighted by Crippen LogP contribution is 2.06. The van der Waals surface area contributed by atoms with Gasteiger partial charge in [0.2, 0.25) is 0 Å². The maximum Gasteiger partial charge on any atom is 0.305 e. The van der Waals surface area contributed by atoms with Crippen molar-refractivity contribution in [2.45, 2.75) is 25.7 Å². The summed E-state index contributed by atoms with van der Waals surface area (Å²) in [5.74, 6) is -0.148. The Hall–Kier alpha value is -0.530. The topological polar surface area (TPSA) is 26.3 Å². The normalized spacial score (nSPS) is 32.8. The molecule has 1 aliphatic heterocycles. The van der Waals surface area contributed by atoms with E-state index in [0.29, 0.717) is 13.0 Å². The SMILES string of the molecule is [2H]C1CCCC(=O)OC1. The Morgan fingerprint density at radius 1 is 1.62 bits per heavy atom. The first kappa shape index (κ1) is 4.36. The van der Waals surface area contributed by atoms with Crippen LogP contribution in [-0.4, -0.2) is 12.6 Å². The average Bonchev–Trinajstić information content (AvgIpc) is 1.97. The van der Waals surface area contributed by atoms with Crippen LogP contribution in [0.2, 0.25) is 0 Å². The summed E-state index contributed by atoms with van der Waals surface area (Å²) in [5, 5.41) is 0. The van der Waals surface area contributed by atoms with Crippen molar-refractivity contribution in [1.29, 1.82) is 0 Å². The fourth-order valence-electron chi connectivity index (χ4n) is 0.698. The van der Waals surface area contributed by atoms with Gasteiger partial charge in [0.15, 0.2) is 0 Å². The summed E-state index contributed by atoms with van der Waals surface area (Å²) >= 11 is 0. The van der Waals surface area contributed by atoms with Crippen molar-refractivity contribution in [1.82, 2.24) is 0 Å². The standard InChI is InChI=1S/C6H10O2/c7-6-4-2-1-3-5-8-6/h1-5H2/i3D. The molecule has 0 N–H and O–H groups in total. The molecule has 0 saturated carbocycles. The van der Waals surface area contributed by atoms with Gasteiger partial charge in [-0.3, -0.25) is 4.79 Å². The minimum absolute atomic E-state index is 0.148. The molecule has 8 heavy (non-hydrogen) atoms. The Labute approximate surface area is 50.2 Å². The Bertz CT molecular complexity index is 114. The molecule has 1 fully saturated rings. The van der Waals surface area contributed by atoms with Crippen molar-refractivity contribution >= 4 is 5.97 Å². The monoisotopic (exact) mass is 115 g/mol. The number of cyclic esters (lactones) is 1. The molecule has 0 aliphatic carbocycles. The molecule has 46 valence electrons. The molecule has 1 atom stereocenters. The molecule has 0 bridgehead atoms. The van der Waals surface area contributed by atoms with Crippen LogP contribution in [0.25, 0.3) is 0 Å². The predicted molar refractivity (Wildman–Crippen MR) is 29.4 cm³/mol. The molecular formula is C6H10O2. The maximum atomic E-state index is 10.5. The van der Waals surface area contributed by atoms with Crippen LogP contribution in [0.5, 0.6) is 0 Å². The van der Waals surface area contributed by atoms with Gasteiger partial charge < -0.3 is 4.74 Å². The summed E-state index contributed by atoms with van der Waals surface area (Å²) in [6.07, 6.45) is 1.92. The zero-order valence-electron chi connectivity index (χ0n) is 5.72. The maximum absolute atomic E-state index is 10.5. The molecule has 0 radical (unpaired) electrons. The number of carbonyl (C=O) groups excluding carboxylic acids is 1. The highest BCUT2D eigenvalue weighted by molar-refractivity contribution is 5.69. The largest absolute Gasteiger partial charge is 0.466 e. The molecule has 1 saturated heterocycles. The molecule has 0 aromatic carbocycles. The molecular weight excluding hydrogens is 104 g/mol. The van der Waals surface area contributed by atoms with Gasteiger partial charge in [-0.25, -0.2) is 0 Å². The van der Waals surface area contributed by atoms with Gasteiger partial charge in [-0.05, 0) is 19.2 Å². The molecule has 1 rings (SSSR count). The van der Waals surface area contributed by atoms with Crippen molar-refractivity contribution in [3.05, 3.63) is 0 Å². The predicted octanol–water partition coefficient (Wildman–Crippen LogP) is 1.10. The van der Waals surface area contributed by atoms with Gasteiger partial charge >= 0.3 is 5.97 Å². The van der Waals surface area contributed by atoms with Crippen LogP contribution in [0.1, 0.15) is 27.0 Å². The van der Waals surface area contributed by atoms with Gasteiger partial charge in [-0.2, -0.15) is 0 Å². The molecule has 1 unspecified atom stereocenters. The van der Waals surface area contributed by atoms with E-state index in [1.54, 1.807) is 0 Å². The second-order valence-electron chi connectivity index (χ2n) is 1.86. The van der Waals surface area contributed by atoms with E-state index in [4.69, 9.17) is 1.37 Å². The highest BCUT2D eigenvalue weighted by Gasteiger charge is 2.05. The minimum atomic E-state index is -0.184. The number of hydrogen-bond donors (Lipinski definition) is 0. The Morgan fingerprint density at radius 3 is 3.38 bits per heavy atom. The van der Waals surface area contributed by atoms with E-state index in [1.165, 1.54) is 0 Å². The van der Waals surface area contributed by atoms with E-state index in [0.717, 1.165) is 12.8 Å². The number of carbonyl (C=O) groups is 1. The van der Waals surface area contributed by atoms with Gasteiger partial charge in [-0.15, -0.1) is 0 Å². The van der Waals surface area contributed by atoms with E-state index < -0.39 is 0 Å². The minimum Gasteiger partial charge on any atom is -0.466 e. The van der Waals surface area contributed by atoms with Crippen molar-refractivity contribution in [2.24, 2.45) is 0 Å². The summed E-state index contributed by atoms with van der Waals surface area (Å²) in [6, 6.07) is 0. The van der Waals surface area contributed by atoms with Crippen molar-refractivity contribution in [2.75, 3.05) is 6.61 Å². The van der Waals surface area contributed by atoms with Crippen LogP contribution >= 0.6 is 0 Å². The van der Waals surface area contributed by atoms with Crippen molar-refractivity contribution in [3.63, 3.8) is 0 Å². The molecule has 1 heterocycles. The quantitative estimate of drug-likeness (QED) is 0.442. The zero-order chi connectivity index (χ0) is 6.69. The van der Waals surface area contributed by atoms with E-state index in [-0.39, 0.29) is 12.4 Å². The lowest BCUT2D eigenvalue weighted by molar-refractivity contribution is -0.142. The lowest BCUT2D eigenvalue weighted by atomic mass is 10.2. The molecule has 2 heteroatoms. The molecule has 2 nitrogen and oxygen atoms in total. The first-order valence-electron chi connectivity index (χ1n) is 3.44. The van der Waals surface area contributed by atoms with Gasteiger partial charge in [0, 0.05) is 7.79 Å². The Kier molecular flexibility index (Phi) is 1.47. The van der Waals surface area contributed by atoms with Crippen LogP contribution in [-0.2, 0) is 9.53 Å². The van der Waals surface area contributed by atoms with Gasteiger partial charge in [-0.1, -0.05) is 0 Å². The fourth-order valence-corrected chi connectivity index (χ4v) is 0.698. The van der Waals surface area contributed by atoms with E-state index >= 15 is 0 Å². The average molecular weight is 115 g/mol. The van der Waals surface area contributed by atoms with Gasteiger partial charge in [0.25, 0.3) is 0 Å². The summed E-state index contributed by atoms with van der Waals surface area (Å²) in [4.78, 5) is 10.5. The lowest BCUT2D eigenvalue weighted by Crippen LogP contribution is -2.00. The van der Waals surface area contributed by atoms with Gasteiger partial charge in [0.1, 0.15) is 0 Å². The highest BCUT2D eigenvalue weighted by atomic mass is 16.5. The third kappa shape index (κ3) is 1.52. The van der Waals surface area contributed by atoms with Crippen LogP contribution < -0.4 is 0 Å². The van der Waals surface area contributed by atoms with E-state index in [9.17, 15) is 4.79 Å². The number of ether oxygens (including phenoxy) is 1. The summed E-state index contributed by atoms with van der Waals surface area (Å²) in [5.41, 5.74) is 0. The lowest BCUT2D eigenvalue weighted by Gasteiger charge is -1.93. The Morgan fingerprint density at radius 2 is 2.50 bits per heavy atom. The number of esters is 1. The molecule has 0 aromatic heterocycles.